The third-order valence-corrected chi connectivity index (χ3v) is 4.57. The molecule has 6 heteroatoms. The van der Waals surface area contributed by atoms with Crippen LogP contribution >= 0.6 is 0 Å². The van der Waals surface area contributed by atoms with Gasteiger partial charge in [-0.3, -0.25) is 14.7 Å². The number of hydrogen-bond acceptors (Lipinski definition) is 5. The fourth-order valence-corrected chi connectivity index (χ4v) is 3.08. The predicted octanol–water partition coefficient (Wildman–Crippen LogP) is 2.29. The number of nitrogens with one attached hydrogen (secondary N) is 1. The van der Waals surface area contributed by atoms with Crippen molar-refractivity contribution in [1.82, 2.24) is 15.2 Å². The molecule has 1 aromatic heterocycles. The van der Waals surface area contributed by atoms with Crippen molar-refractivity contribution in [3.05, 3.63) is 66.0 Å². The number of nitrogens with zero attached hydrogens (tertiary/aromatic N) is 2. The number of pyridine rings is 1. The molecule has 27 heavy (non-hydrogen) atoms. The van der Waals surface area contributed by atoms with E-state index in [-0.39, 0.29) is 11.9 Å². The number of rotatable bonds is 7. The van der Waals surface area contributed by atoms with Gasteiger partial charge in [0.05, 0.1) is 26.4 Å². The molecule has 0 radical (unpaired) electrons. The summed E-state index contributed by atoms with van der Waals surface area (Å²) in [7, 11) is 1.66. The van der Waals surface area contributed by atoms with Gasteiger partial charge in [-0.2, -0.15) is 0 Å². The Labute approximate surface area is 159 Å². The van der Waals surface area contributed by atoms with Crippen molar-refractivity contribution in [3.63, 3.8) is 0 Å². The standard InChI is InChI=1S/C21H25N3O3/c1-26-19-7-5-18(6-8-19)20(24-11-13-27-14-12-24)16-23-21(25)9-4-17-3-2-10-22-15-17/h2-10,15,20H,11-14,16H2,1H3,(H,23,25)/b9-4+. The maximum Gasteiger partial charge on any atom is 0.244 e. The first-order valence-electron chi connectivity index (χ1n) is 9.08. The zero-order valence-corrected chi connectivity index (χ0v) is 15.5. The third-order valence-electron chi connectivity index (χ3n) is 4.57. The smallest absolute Gasteiger partial charge is 0.244 e. The van der Waals surface area contributed by atoms with Gasteiger partial charge in [0, 0.05) is 38.1 Å². The second-order valence-electron chi connectivity index (χ2n) is 6.30. The average molecular weight is 367 g/mol. The summed E-state index contributed by atoms with van der Waals surface area (Å²) >= 11 is 0. The van der Waals surface area contributed by atoms with E-state index in [1.807, 2.05) is 24.3 Å². The Bertz CT molecular complexity index is 741. The number of methoxy groups -OCH3 is 1. The van der Waals surface area contributed by atoms with Gasteiger partial charge >= 0.3 is 0 Å². The van der Waals surface area contributed by atoms with Crippen LogP contribution in [0, 0.1) is 0 Å². The van der Waals surface area contributed by atoms with Crippen molar-refractivity contribution in [2.24, 2.45) is 0 Å². The fraction of sp³-hybridized carbons (Fsp3) is 0.333. The number of morpholine rings is 1. The molecule has 1 aromatic carbocycles. The molecule has 0 spiro atoms. The first-order valence-corrected chi connectivity index (χ1v) is 9.08. The second-order valence-corrected chi connectivity index (χ2v) is 6.30. The highest BCUT2D eigenvalue weighted by Crippen LogP contribution is 2.23. The van der Waals surface area contributed by atoms with Crippen LogP contribution in [0.5, 0.6) is 5.75 Å². The highest BCUT2D eigenvalue weighted by atomic mass is 16.5. The van der Waals surface area contributed by atoms with Crippen molar-refractivity contribution in [2.45, 2.75) is 6.04 Å². The highest BCUT2D eigenvalue weighted by Gasteiger charge is 2.23. The van der Waals surface area contributed by atoms with E-state index in [2.05, 4.69) is 27.3 Å². The van der Waals surface area contributed by atoms with Crippen LogP contribution in [0.3, 0.4) is 0 Å². The number of benzene rings is 1. The zero-order valence-electron chi connectivity index (χ0n) is 15.5. The van der Waals surface area contributed by atoms with Crippen LogP contribution in [-0.4, -0.2) is 55.7 Å². The van der Waals surface area contributed by atoms with E-state index in [4.69, 9.17) is 9.47 Å². The summed E-state index contributed by atoms with van der Waals surface area (Å²) in [4.78, 5) is 18.6. The van der Waals surface area contributed by atoms with Crippen LogP contribution in [-0.2, 0) is 9.53 Å². The molecule has 1 atom stereocenters. The number of hydrogen-bond donors (Lipinski definition) is 1. The van der Waals surface area contributed by atoms with Gasteiger partial charge in [0.1, 0.15) is 5.75 Å². The van der Waals surface area contributed by atoms with Crippen LogP contribution in [0.25, 0.3) is 6.08 Å². The summed E-state index contributed by atoms with van der Waals surface area (Å²) < 4.78 is 10.7. The van der Waals surface area contributed by atoms with Crippen molar-refractivity contribution in [1.29, 1.82) is 0 Å². The summed E-state index contributed by atoms with van der Waals surface area (Å²) in [5.41, 5.74) is 2.04. The lowest BCUT2D eigenvalue weighted by Crippen LogP contribution is -2.43. The number of aromatic nitrogens is 1. The van der Waals surface area contributed by atoms with Crippen LogP contribution < -0.4 is 10.1 Å². The highest BCUT2D eigenvalue weighted by molar-refractivity contribution is 5.91. The largest absolute Gasteiger partial charge is 0.497 e. The van der Waals surface area contributed by atoms with Gasteiger partial charge < -0.3 is 14.8 Å². The summed E-state index contributed by atoms with van der Waals surface area (Å²) in [6.07, 6.45) is 6.73. The molecule has 0 bridgehead atoms. The third kappa shape index (κ3) is 5.64. The molecule has 6 nitrogen and oxygen atoms in total. The molecule has 3 rings (SSSR count). The average Bonchev–Trinajstić information content (AvgIpc) is 2.74. The van der Waals surface area contributed by atoms with Gasteiger partial charge in [0.25, 0.3) is 0 Å². The van der Waals surface area contributed by atoms with E-state index in [0.717, 1.165) is 30.0 Å². The Morgan fingerprint density at radius 3 is 2.74 bits per heavy atom. The van der Waals surface area contributed by atoms with Crippen molar-refractivity contribution >= 4 is 12.0 Å². The molecule has 1 N–H and O–H groups in total. The Balaban J connectivity index is 1.65. The quantitative estimate of drug-likeness (QED) is 0.761. The molecule has 0 saturated carbocycles. The van der Waals surface area contributed by atoms with Gasteiger partial charge in [-0.15, -0.1) is 0 Å². The van der Waals surface area contributed by atoms with Crippen molar-refractivity contribution in [2.75, 3.05) is 40.0 Å². The van der Waals surface area contributed by atoms with Crippen molar-refractivity contribution in [3.8, 4) is 5.75 Å². The molecule has 1 unspecified atom stereocenters. The van der Waals surface area contributed by atoms with Gasteiger partial charge in [-0.1, -0.05) is 18.2 Å². The maximum atomic E-state index is 12.3. The van der Waals surface area contributed by atoms with E-state index in [1.54, 1.807) is 31.7 Å². The fourth-order valence-electron chi connectivity index (χ4n) is 3.08. The van der Waals surface area contributed by atoms with Gasteiger partial charge in [0.2, 0.25) is 5.91 Å². The lowest BCUT2D eigenvalue weighted by Gasteiger charge is -2.34. The van der Waals surface area contributed by atoms with Gasteiger partial charge in [-0.05, 0) is 35.4 Å². The van der Waals surface area contributed by atoms with E-state index in [9.17, 15) is 4.79 Å². The molecular formula is C21H25N3O3. The zero-order chi connectivity index (χ0) is 18.9. The molecule has 2 aromatic rings. The molecule has 2 heterocycles. The monoisotopic (exact) mass is 367 g/mol. The van der Waals surface area contributed by atoms with Gasteiger partial charge in [-0.25, -0.2) is 0 Å². The van der Waals surface area contributed by atoms with E-state index in [0.29, 0.717) is 19.8 Å². The van der Waals surface area contributed by atoms with E-state index in [1.165, 1.54) is 0 Å². The van der Waals surface area contributed by atoms with E-state index >= 15 is 0 Å². The molecule has 1 amide bonds. The Kier molecular flexibility index (Phi) is 6.96. The van der Waals surface area contributed by atoms with Crippen LogP contribution in [0.1, 0.15) is 17.2 Å². The van der Waals surface area contributed by atoms with Crippen molar-refractivity contribution < 1.29 is 14.3 Å². The second kappa shape index (κ2) is 9.85. The summed E-state index contributed by atoms with van der Waals surface area (Å²) in [6.45, 7) is 3.64. The first kappa shape index (κ1) is 19.1. The molecule has 1 aliphatic heterocycles. The molecule has 0 aliphatic carbocycles. The molecule has 142 valence electrons. The summed E-state index contributed by atoms with van der Waals surface area (Å²) in [5, 5.41) is 3.02. The minimum atomic E-state index is -0.120. The van der Waals surface area contributed by atoms with Gasteiger partial charge in [0.15, 0.2) is 0 Å². The SMILES string of the molecule is COc1ccc(C(CNC(=O)/C=C/c2cccnc2)N2CCOCC2)cc1. The number of carbonyl (C=O) groups excluding carboxylic acids is 1. The van der Waals surface area contributed by atoms with Crippen LogP contribution in [0.4, 0.5) is 0 Å². The number of ether oxygens (including phenoxy) is 2. The summed E-state index contributed by atoms with van der Waals surface area (Å²) in [6, 6.07) is 11.9. The number of carbonyl (C=O) groups is 1. The van der Waals surface area contributed by atoms with Crippen LogP contribution in [0.2, 0.25) is 0 Å². The predicted molar refractivity (Wildman–Crippen MR) is 104 cm³/mol. The minimum Gasteiger partial charge on any atom is -0.497 e. The Morgan fingerprint density at radius 1 is 1.30 bits per heavy atom. The minimum absolute atomic E-state index is 0.0931. The van der Waals surface area contributed by atoms with E-state index < -0.39 is 0 Å². The van der Waals surface area contributed by atoms with Crippen LogP contribution in [0.15, 0.2) is 54.9 Å². The Hall–Kier alpha value is -2.70. The normalized spacial score (nSPS) is 16.2. The molecule has 1 aliphatic rings. The lowest BCUT2D eigenvalue weighted by atomic mass is 10.0. The molecule has 1 saturated heterocycles. The lowest BCUT2D eigenvalue weighted by molar-refractivity contribution is -0.116. The topological polar surface area (TPSA) is 63.7 Å². The molecular weight excluding hydrogens is 342 g/mol. The first-order chi connectivity index (χ1) is 13.3. The number of amides is 1. The summed E-state index contributed by atoms with van der Waals surface area (Å²) in [5.74, 6) is 0.702. The Morgan fingerprint density at radius 2 is 2.07 bits per heavy atom. The molecule has 1 fully saturated rings. The maximum absolute atomic E-state index is 12.3.